The highest BCUT2D eigenvalue weighted by atomic mass is 16.5. The van der Waals surface area contributed by atoms with Crippen molar-refractivity contribution in [3.8, 4) is 0 Å². The first-order chi connectivity index (χ1) is 14.0. The van der Waals surface area contributed by atoms with Crippen molar-refractivity contribution in [2.24, 2.45) is 17.4 Å². The second-order valence-corrected chi connectivity index (χ2v) is 6.93. The molecule has 1 unspecified atom stereocenters. The van der Waals surface area contributed by atoms with Gasteiger partial charge in [-0.05, 0) is 18.8 Å². The molecular formula is C17H29N6O7+. The highest BCUT2D eigenvalue weighted by Crippen LogP contribution is 2.24. The third-order valence-electron chi connectivity index (χ3n) is 4.53. The minimum Gasteiger partial charge on any atom is -0.563 e. The van der Waals surface area contributed by atoms with E-state index in [1.54, 1.807) is 0 Å². The lowest BCUT2D eigenvalue weighted by atomic mass is 9.99. The second kappa shape index (κ2) is 11.7. The molecule has 4 atom stereocenters. The van der Waals surface area contributed by atoms with Crippen LogP contribution in [0.25, 0.3) is 0 Å². The highest BCUT2D eigenvalue weighted by Gasteiger charge is 2.31. The SMILES string of the molecule is CCC(C)[C@H](NC(=O)N[C@@H](CCC(=O)O)C(=O)[OH2+])c1nc([C@@H](N)CCC(N)=O)no1. The zero-order valence-electron chi connectivity index (χ0n) is 16.9. The maximum Gasteiger partial charge on any atom is 0.538 e. The Morgan fingerprint density at radius 3 is 2.40 bits per heavy atom. The Kier molecular flexibility index (Phi) is 9.68. The fourth-order valence-electron chi connectivity index (χ4n) is 2.51. The number of urea groups is 1. The molecule has 0 aromatic carbocycles. The lowest BCUT2D eigenvalue weighted by Gasteiger charge is -2.21. The van der Waals surface area contributed by atoms with Gasteiger partial charge in [-0.3, -0.25) is 9.59 Å². The normalized spacial score (nSPS) is 14.9. The molecule has 0 aliphatic carbocycles. The fourth-order valence-corrected chi connectivity index (χ4v) is 2.51. The number of aromatic nitrogens is 2. The van der Waals surface area contributed by atoms with Crippen LogP contribution in [0.1, 0.15) is 69.8 Å². The van der Waals surface area contributed by atoms with Gasteiger partial charge in [-0.15, -0.1) is 0 Å². The average Bonchev–Trinajstić information content (AvgIpc) is 3.16. The van der Waals surface area contributed by atoms with Crippen LogP contribution in [0.15, 0.2) is 4.52 Å². The van der Waals surface area contributed by atoms with E-state index < -0.39 is 42.0 Å². The van der Waals surface area contributed by atoms with Crippen molar-refractivity contribution in [3.05, 3.63) is 11.7 Å². The number of nitrogens with two attached hydrogens (primary N) is 2. The summed E-state index contributed by atoms with van der Waals surface area (Å²) in [6, 6.07) is -3.45. The Hall–Kier alpha value is -3.22. The van der Waals surface area contributed by atoms with Gasteiger partial charge in [-0.1, -0.05) is 25.4 Å². The van der Waals surface area contributed by atoms with E-state index in [4.69, 9.17) is 26.2 Å². The average molecular weight is 429 g/mol. The predicted molar refractivity (Wildman–Crippen MR) is 103 cm³/mol. The van der Waals surface area contributed by atoms with Crippen LogP contribution < -0.4 is 22.1 Å². The molecule has 0 saturated carbocycles. The number of amides is 3. The lowest BCUT2D eigenvalue weighted by molar-refractivity contribution is -0.140. The number of carboxylic acids is 1. The van der Waals surface area contributed by atoms with E-state index in [-0.39, 0.29) is 43.3 Å². The van der Waals surface area contributed by atoms with Crippen molar-refractivity contribution in [1.82, 2.24) is 20.8 Å². The largest absolute Gasteiger partial charge is 0.563 e. The van der Waals surface area contributed by atoms with Crippen LogP contribution in [0.3, 0.4) is 0 Å². The van der Waals surface area contributed by atoms with E-state index in [0.717, 1.165) is 0 Å². The predicted octanol–water partition coefficient (Wildman–Crippen LogP) is -0.794. The van der Waals surface area contributed by atoms with Gasteiger partial charge in [-0.2, -0.15) is 4.98 Å². The van der Waals surface area contributed by atoms with Crippen molar-refractivity contribution in [3.63, 3.8) is 0 Å². The number of carbonyl (C=O) groups excluding carboxylic acids is 3. The Morgan fingerprint density at radius 2 is 1.87 bits per heavy atom. The van der Waals surface area contributed by atoms with Crippen LogP contribution in [0.4, 0.5) is 4.79 Å². The minimum absolute atomic E-state index is 0.0549. The van der Waals surface area contributed by atoms with Gasteiger partial charge < -0.3 is 36.8 Å². The summed E-state index contributed by atoms with van der Waals surface area (Å²) in [5, 5.41) is 24.6. The molecular weight excluding hydrogens is 400 g/mol. The van der Waals surface area contributed by atoms with Crippen molar-refractivity contribution < 1.29 is 33.9 Å². The monoisotopic (exact) mass is 429 g/mol. The minimum atomic E-state index is -1.26. The summed E-state index contributed by atoms with van der Waals surface area (Å²) in [6.07, 6.45) is 0.335. The number of carboxylic acid groups (broad SMARTS) is 1. The molecule has 0 radical (unpaired) electrons. The summed E-state index contributed by atoms with van der Waals surface area (Å²) in [6.45, 7) is 3.72. The smallest absolute Gasteiger partial charge is 0.538 e. The number of carbonyl (C=O) groups is 4. The number of aliphatic carboxylic acids is 1. The molecule has 0 aliphatic heterocycles. The van der Waals surface area contributed by atoms with Crippen molar-refractivity contribution >= 4 is 23.9 Å². The summed E-state index contributed by atoms with van der Waals surface area (Å²) in [5.41, 5.74) is 11.0. The first-order valence-electron chi connectivity index (χ1n) is 9.46. The van der Waals surface area contributed by atoms with E-state index in [0.29, 0.717) is 6.42 Å². The number of nitrogens with zero attached hydrogens (tertiary/aromatic N) is 2. The molecule has 1 aromatic heterocycles. The van der Waals surface area contributed by atoms with Gasteiger partial charge in [0.05, 0.1) is 6.04 Å². The second-order valence-electron chi connectivity index (χ2n) is 6.93. The van der Waals surface area contributed by atoms with Crippen LogP contribution in [0.2, 0.25) is 0 Å². The Labute approximate surface area is 172 Å². The number of primary amides is 1. The summed E-state index contributed by atoms with van der Waals surface area (Å²) in [5.74, 6) is -2.66. The fraction of sp³-hybridized carbons (Fsp3) is 0.647. The molecule has 0 aliphatic rings. The number of hydrogen-bond acceptors (Lipinski definition) is 8. The molecule has 1 heterocycles. The Bertz CT molecular complexity index is 753. The molecule has 168 valence electrons. The number of rotatable bonds is 13. The van der Waals surface area contributed by atoms with Crippen molar-refractivity contribution in [2.75, 3.05) is 0 Å². The summed E-state index contributed by atoms with van der Waals surface area (Å²) < 4.78 is 5.23. The van der Waals surface area contributed by atoms with E-state index in [9.17, 15) is 19.2 Å². The zero-order chi connectivity index (χ0) is 22.8. The Balaban J connectivity index is 2.87. The van der Waals surface area contributed by atoms with Crippen LogP contribution in [-0.2, 0) is 14.4 Å². The van der Waals surface area contributed by atoms with Gasteiger partial charge >= 0.3 is 18.0 Å². The van der Waals surface area contributed by atoms with Crippen LogP contribution in [-0.4, -0.2) is 50.3 Å². The maximum absolute atomic E-state index is 12.4. The van der Waals surface area contributed by atoms with Gasteiger partial charge in [0.2, 0.25) is 11.8 Å². The topological polar surface area (TPSA) is 226 Å². The van der Waals surface area contributed by atoms with Crippen LogP contribution >= 0.6 is 0 Å². The van der Waals surface area contributed by atoms with Crippen molar-refractivity contribution in [2.45, 2.75) is 64.1 Å². The molecule has 9 N–H and O–H groups in total. The summed E-state index contributed by atoms with van der Waals surface area (Å²) in [4.78, 5) is 49.5. The molecule has 30 heavy (non-hydrogen) atoms. The van der Waals surface area contributed by atoms with Gasteiger partial charge in [0.25, 0.3) is 0 Å². The molecule has 0 bridgehead atoms. The zero-order valence-corrected chi connectivity index (χ0v) is 16.9. The third-order valence-corrected chi connectivity index (χ3v) is 4.53. The first-order valence-corrected chi connectivity index (χ1v) is 9.46. The molecule has 0 saturated heterocycles. The molecule has 1 rings (SSSR count). The summed E-state index contributed by atoms with van der Waals surface area (Å²) >= 11 is 0. The van der Waals surface area contributed by atoms with E-state index >= 15 is 0 Å². The van der Waals surface area contributed by atoms with Gasteiger partial charge in [-0.25, -0.2) is 4.79 Å². The molecule has 3 amide bonds. The molecule has 13 nitrogen and oxygen atoms in total. The van der Waals surface area contributed by atoms with Crippen molar-refractivity contribution in [1.29, 1.82) is 0 Å². The van der Waals surface area contributed by atoms with Gasteiger partial charge in [0.15, 0.2) is 11.9 Å². The number of hydrogen-bond donors (Lipinski definition) is 5. The van der Waals surface area contributed by atoms with Crippen LogP contribution in [0.5, 0.6) is 0 Å². The third kappa shape index (κ3) is 8.03. The highest BCUT2D eigenvalue weighted by molar-refractivity contribution is 5.83. The molecule has 1 aromatic rings. The molecule has 13 heteroatoms. The summed E-state index contributed by atoms with van der Waals surface area (Å²) in [7, 11) is 0. The number of nitrogens with one attached hydrogen (secondary N) is 2. The standard InChI is InChI=1S/C17H28N6O7/c1-3-8(2)13(15-22-14(23-30-15)9(18)4-6-11(19)24)21-17(29)20-10(16(27)28)5-7-12(25)26/h8-10,13H,3-7,18H2,1-2H3,(H2,19,24)(H,25,26)(H,27,28)(H2,20,21,29)/p+1/t8?,9-,10-,13-/m0/s1. The Morgan fingerprint density at radius 1 is 1.20 bits per heavy atom. The molecule has 0 fully saturated rings. The lowest BCUT2D eigenvalue weighted by Crippen LogP contribution is -2.48. The van der Waals surface area contributed by atoms with Gasteiger partial charge in [0, 0.05) is 17.6 Å². The molecule has 0 spiro atoms. The van der Waals surface area contributed by atoms with Crippen LogP contribution in [0, 0.1) is 5.92 Å². The van der Waals surface area contributed by atoms with E-state index in [1.165, 1.54) is 0 Å². The quantitative estimate of drug-likeness (QED) is 0.247. The van der Waals surface area contributed by atoms with E-state index in [2.05, 4.69) is 20.8 Å². The van der Waals surface area contributed by atoms with Gasteiger partial charge in [0.1, 0.15) is 6.04 Å². The van der Waals surface area contributed by atoms with E-state index in [1.807, 2.05) is 13.8 Å². The maximum atomic E-state index is 12.4. The first kappa shape index (κ1) is 24.8.